The van der Waals surface area contributed by atoms with Gasteiger partial charge in [-0.3, -0.25) is 0 Å². The molecule has 0 aliphatic carbocycles. The van der Waals surface area contributed by atoms with E-state index in [1.165, 1.54) is 0 Å². The van der Waals surface area contributed by atoms with Crippen molar-refractivity contribution in [1.29, 1.82) is 0 Å². The summed E-state index contributed by atoms with van der Waals surface area (Å²) in [7, 11) is 0. The van der Waals surface area contributed by atoms with Gasteiger partial charge in [0.25, 0.3) is 0 Å². The van der Waals surface area contributed by atoms with Gasteiger partial charge in [0.2, 0.25) is 0 Å². The lowest BCUT2D eigenvalue weighted by Gasteiger charge is -1.63. The minimum Gasteiger partial charge on any atom is -0.122 e. The molecule has 0 bridgehead atoms. The second-order valence-electron chi connectivity index (χ2n) is 0.723. The van der Waals surface area contributed by atoms with Gasteiger partial charge in [-0.2, -0.15) is 0 Å². The highest BCUT2D eigenvalue weighted by Crippen LogP contribution is 1.73. The molecule has 0 fully saturated rings. The monoisotopic (exact) mass is 90.0 g/mol. The summed E-state index contributed by atoms with van der Waals surface area (Å²) in [6.45, 7) is 1.95. The minimum atomic E-state index is 0.635. The largest absolute Gasteiger partial charge is 0.122 e. The maximum Gasteiger partial charge on any atom is 0.0404 e. The number of halogens is 1. The van der Waals surface area contributed by atoms with Crippen LogP contribution in [0, 0.1) is 0 Å². The van der Waals surface area contributed by atoms with Crippen LogP contribution in [-0.4, -0.2) is 5.88 Å². The minimum absolute atomic E-state index is 0.635. The van der Waals surface area contributed by atoms with Crippen LogP contribution in [0.1, 0.15) is 6.92 Å². The van der Waals surface area contributed by atoms with E-state index in [0.717, 1.165) is 0 Å². The Balaban J connectivity index is 2.62. The highest BCUT2D eigenvalue weighted by molar-refractivity contribution is 6.18. The van der Waals surface area contributed by atoms with Gasteiger partial charge in [-0.05, 0) is 6.92 Å². The molecule has 1 heteroatoms. The van der Waals surface area contributed by atoms with E-state index in [1.807, 2.05) is 19.1 Å². The van der Waals surface area contributed by atoms with E-state index >= 15 is 0 Å². The lowest BCUT2D eigenvalue weighted by molar-refractivity contribution is 1.65. The standard InChI is InChI=1S/C4H7Cl/c1-2-3-4-5/h2-3H,4H2,1H3/b3-2-. The predicted molar refractivity (Wildman–Crippen MR) is 25.5 cm³/mol. The Bertz CT molecular complexity index is 30.6. The molecule has 0 aliphatic rings. The number of allylic oxidation sites excluding steroid dienone is 2. The van der Waals surface area contributed by atoms with Gasteiger partial charge < -0.3 is 0 Å². The molecule has 0 rings (SSSR count). The predicted octanol–water partition coefficient (Wildman–Crippen LogP) is 1.80. The Labute approximate surface area is 37.4 Å². The molecule has 0 heterocycles. The fourth-order valence-electron chi connectivity index (χ4n) is 0.0891. The van der Waals surface area contributed by atoms with E-state index in [1.54, 1.807) is 0 Å². The van der Waals surface area contributed by atoms with Gasteiger partial charge in [-0.1, -0.05) is 12.2 Å². The summed E-state index contributed by atoms with van der Waals surface area (Å²) in [6, 6.07) is 0. The first kappa shape index (κ1) is 5.03. The number of rotatable bonds is 1. The zero-order chi connectivity index (χ0) is 4.12. The van der Waals surface area contributed by atoms with Gasteiger partial charge in [-0.25, -0.2) is 0 Å². The third-order valence-electron chi connectivity index (χ3n) is 0.325. The lowest BCUT2D eigenvalue weighted by Crippen LogP contribution is -1.50. The second-order valence-corrected chi connectivity index (χ2v) is 1.03. The second kappa shape index (κ2) is 4.03. The highest BCUT2D eigenvalue weighted by atomic mass is 35.5. The third-order valence-corrected chi connectivity index (χ3v) is 0.503. The number of alkyl halides is 1. The molecule has 0 N–H and O–H groups in total. The van der Waals surface area contributed by atoms with Crippen LogP contribution in [0.2, 0.25) is 0 Å². The van der Waals surface area contributed by atoms with Crippen LogP contribution in [0.25, 0.3) is 0 Å². The highest BCUT2D eigenvalue weighted by Gasteiger charge is 1.54. The van der Waals surface area contributed by atoms with E-state index in [2.05, 4.69) is 0 Å². The molecule has 0 aliphatic heterocycles. The summed E-state index contributed by atoms with van der Waals surface area (Å²) in [5, 5.41) is 0. The Morgan fingerprint density at radius 1 is 1.80 bits per heavy atom. The maximum atomic E-state index is 5.21. The zero-order valence-corrected chi connectivity index (χ0v) is 4.00. The lowest BCUT2D eigenvalue weighted by atomic mass is 10.6. The molecule has 30 valence electrons. The summed E-state index contributed by atoms with van der Waals surface area (Å²) >= 11 is 5.21. The SMILES string of the molecule is C/C=C\CCl. The summed E-state index contributed by atoms with van der Waals surface area (Å²) in [6.07, 6.45) is 3.81. The Hall–Kier alpha value is 0.0300. The number of hydrogen-bond acceptors (Lipinski definition) is 0. The molecule has 0 nitrogen and oxygen atoms in total. The van der Waals surface area contributed by atoms with Crippen LogP contribution in [-0.2, 0) is 0 Å². The van der Waals surface area contributed by atoms with E-state index in [-0.39, 0.29) is 0 Å². The van der Waals surface area contributed by atoms with Crippen molar-refractivity contribution < 1.29 is 0 Å². The summed E-state index contributed by atoms with van der Waals surface area (Å²) < 4.78 is 0. The average molecular weight is 90.6 g/mol. The maximum absolute atomic E-state index is 5.21. The molecule has 0 saturated carbocycles. The van der Waals surface area contributed by atoms with Crippen LogP contribution in [0.3, 0.4) is 0 Å². The van der Waals surface area contributed by atoms with Crippen LogP contribution >= 0.6 is 11.6 Å². The molecule has 0 spiro atoms. The van der Waals surface area contributed by atoms with Crippen molar-refractivity contribution in [2.75, 3.05) is 5.88 Å². The van der Waals surface area contributed by atoms with Crippen molar-refractivity contribution in [3.8, 4) is 0 Å². The Kier molecular flexibility index (Phi) is 4.05. The topological polar surface area (TPSA) is 0 Å². The molecule has 0 aromatic carbocycles. The van der Waals surface area contributed by atoms with Crippen molar-refractivity contribution in [3.05, 3.63) is 12.2 Å². The molecule has 0 saturated heterocycles. The van der Waals surface area contributed by atoms with Crippen molar-refractivity contribution in [3.63, 3.8) is 0 Å². The molecular weight excluding hydrogens is 83.5 g/mol. The summed E-state index contributed by atoms with van der Waals surface area (Å²) in [5.74, 6) is 0.635. The normalized spacial score (nSPS) is 10.0. The first-order chi connectivity index (χ1) is 2.41. The van der Waals surface area contributed by atoms with Gasteiger partial charge in [0.1, 0.15) is 0 Å². The molecule has 5 heavy (non-hydrogen) atoms. The Morgan fingerprint density at radius 2 is 2.40 bits per heavy atom. The van der Waals surface area contributed by atoms with E-state index in [4.69, 9.17) is 11.6 Å². The van der Waals surface area contributed by atoms with E-state index < -0.39 is 0 Å². The van der Waals surface area contributed by atoms with Crippen molar-refractivity contribution in [1.82, 2.24) is 0 Å². The molecule has 0 amide bonds. The summed E-state index contributed by atoms with van der Waals surface area (Å²) in [4.78, 5) is 0. The third kappa shape index (κ3) is 4.03. The van der Waals surface area contributed by atoms with Gasteiger partial charge >= 0.3 is 0 Å². The smallest absolute Gasteiger partial charge is 0.0404 e. The van der Waals surface area contributed by atoms with Crippen molar-refractivity contribution >= 4 is 11.6 Å². The van der Waals surface area contributed by atoms with E-state index in [9.17, 15) is 0 Å². The molecule has 0 aromatic rings. The fourth-order valence-corrected chi connectivity index (χ4v) is 0.267. The van der Waals surface area contributed by atoms with Crippen molar-refractivity contribution in [2.24, 2.45) is 0 Å². The van der Waals surface area contributed by atoms with Crippen LogP contribution in [0.15, 0.2) is 12.2 Å². The number of hydrogen-bond donors (Lipinski definition) is 0. The first-order valence-corrected chi connectivity index (χ1v) is 2.12. The van der Waals surface area contributed by atoms with Crippen LogP contribution in [0.4, 0.5) is 0 Å². The summed E-state index contributed by atoms with van der Waals surface area (Å²) in [5.41, 5.74) is 0. The molecule has 0 unspecified atom stereocenters. The molecule has 0 radical (unpaired) electrons. The van der Waals surface area contributed by atoms with Crippen molar-refractivity contribution in [2.45, 2.75) is 6.92 Å². The molecule has 0 aromatic heterocycles. The molecule has 0 atom stereocenters. The van der Waals surface area contributed by atoms with Crippen LogP contribution in [0.5, 0.6) is 0 Å². The van der Waals surface area contributed by atoms with Gasteiger partial charge in [0.05, 0.1) is 0 Å². The van der Waals surface area contributed by atoms with Crippen LogP contribution < -0.4 is 0 Å². The molecular formula is C4H7Cl. The zero-order valence-electron chi connectivity index (χ0n) is 3.24. The van der Waals surface area contributed by atoms with Gasteiger partial charge in [0, 0.05) is 5.88 Å². The quantitative estimate of drug-likeness (QED) is 0.340. The fraction of sp³-hybridized carbons (Fsp3) is 0.500. The Morgan fingerprint density at radius 3 is 2.40 bits per heavy atom. The first-order valence-electron chi connectivity index (χ1n) is 1.59. The van der Waals surface area contributed by atoms with E-state index in [0.29, 0.717) is 5.88 Å². The average Bonchev–Trinajstić information content (AvgIpc) is 1.41. The van der Waals surface area contributed by atoms with Gasteiger partial charge in [-0.15, -0.1) is 11.6 Å². The van der Waals surface area contributed by atoms with Gasteiger partial charge in [0.15, 0.2) is 0 Å².